The lowest BCUT2D eigenvalue weighted by atomic mass is 9.93. The van der Waals surface area contributed by atoms with Crippen LogP contribution in [0.2, 0.25) is 0 Å². The van der Waals surface area contributed by atoms with Crippen LogP contribution in [0.4, 0.5) is 11.4 Å². The van der Waals surface area contributed by atoms with E-state index in [1.54, 1.807) is 0 Å². The predicted molar refractivity (Wildman–Crippen MR) is 172 cm³/mol. The topological polar surface area (TPSA) is 8.17 Å². The lowest BCUT2D eigenvalue weighted by molar-refractivity contribution is 1.05. The third-order valence-electron chi connectivity index (χ3n) is 8.38. The van der Waals surface area contributed by atoms with Gasteiger partial charge in [0.15, 0.2) is 0 Å². The quantitative estimate of drug-likeness (QED) is 0.217. The number of allylic oxidation sites excluding steroid dienone is 5. The molecule has 0 radical (unpaired) electrons. The van der Waals surface area contributed by atoms with Gasteiger partial charge in [-0.1, -0.05) is 72.8 Å². The molecule has 2 aromatic heterocycles. The van der Waals surface area contributed by atoms with E-state index in [-0.39, 0.29) is 0 Å². The van der Waals surface area contributed by atoms with E-state index in [0.717, 1.165) is 6.42 Å². The molecule has 0 atom stereocenters. The van der Waals surface area contributed by atoms with Crippen LogP contribution in [0.5, 0.6) is 0 Å². The molecule has 0 spiro atoms. The summed E-state index contributed by atoms with van der Waals surface area (Å²) in [5.74, 6) is 0. The van der Waals surface area contributed by atoms with Crippen LogP contribution >= 0.6 is 11.3 Å². The highest BCUT2D eigenvalue weighted by Crippen LogP contribution is 2.47. The smallest absolute Gasteiger partial charge is 0.0541 e. The Bertz CT molecular complexity index is 2200. The monoisotopic (exact) mass is 528 g/mol. The number of nitrogens with zero attached hydrogens (tertiary/aromatic N) is 2. The first kappa shape index (κ1) is 22.0. The molecular formula is C37H24N2S. The van der Waals surface area contributed by atoms with Crippen LogP contribution in [0.3, 0.4) is 0 Å². The molecule has 5 aromatic carbocycles. The molecule has 0 unspecified atom stereocenters. The molecule has 7 aromatic rings. The van der Waals surface area contributed by atoms with Gasteiger partial charge in [-0.15, -0.1) is 11.3 Å². The van der Waals surface area contributed by atoms with Gasteiger partial charge in [0.05, 0.1) is 16.7 Å². The Morgan fingerprint density at radius 2 is 1.25 bits per heavy atom. The molecule has 0 saturated carbocycles. The van der Waals surface area contributed by atoms with Gasteiger partial charge < -0.3 is 9.47 Å². The van der Waals surface area contributed by atoms with E-state index >= 15 is 0 Å². The maximum absolute atomic E-state index is 2.46. The highest BCUT2D eigenvalue weighted by molar-refractivity contribution is 7.25. The van der Waals surface area contributed by atoms with Crippen LogP contribution in [0.1, 0.15) is 12.0 Å². The summed E-state index contributed by atoms with van der Waals surface area (Å²) in [6.07, 6.45) is 7.91. The number of rotatable bonds is 2. The van der Waals surface area contributed by atoms with Crippen molar-refractivity contribution in [2.75, 3.05) is 4.90 Å². The van der Waals surface area contributed by atoms with Crippen LogP contribution in [-0.4, -0.2) is 4.57 Å². The van der Waals surface area contributed by atoms with Crippen LogP contribution in [0.15, 0.2) is 139 Å². The number of para-hydroxylation sites is 3. The summed E-state index contributed by atoms with van der Waals surface area (Å²) in [5.41, 5.74) is 10.1. The number of aromatic nitrogens is 1. The Labute approximate surface area is 236 Å². The standard InChI is InChI=1S/C37H24N2S/c1-5-13-33-28(9-1)24-21-25(38(33)27-19-20-37-32(23-27)31-12-4-8-16-36(31)40-37)17-18-26(22-24)39-34-14-6-2-10-29(34)30-11-3-7-15-35(30)39/h1-20,22-23H,21H2. The third-order valence-corrected chi connectivity index (χ3v) is 9.53. The maximum Gasteiger partial charge on any atom is 0.0541 e. The molecule has 2 nitrogen and oxygen atoms in total. The second kappa shape index (κ2) is 8.32. The van der Waals surface area contributed by atoms with Gasteiger partial charge in [0.1, 0.15) is 0 Å². The predicted octanol–water partition coefficient (Wildman–Crippen LogP) is 10.5. The van der Waals surface area contributed by atoms with Gasteiger partial charge in [-0.25, -0.2) is 0 Å². The first-order valence-corrected chi connectivity index (χ1v) is 14.6. The van der Waals surface area contributed by atoms with Crippen molar-refractivity contribution in [3.63, 3.8) is 0 Å². The molecule has 1 aliphatic heterocycles. The zero-order chi connectivity index (χ0) is 26.2. The fourth-order valence-electron chi connectivity index (χ4n) is 6.63. The summed E-state index contributed by atoms with van der Waals surface area (Å²) in [6.45, 7) is 0. The number of fused-ring (bicyclic) bond motifs is 10. The minimum absolute atomic E-state index is 0.885. The highest BCUT2D eigenvalue weighted by atomic mass is 32.1. The van der Waals surface area contributed by atoms with Crippen molar-refractivity contribution in [3.8, 4) is 0 Å². The summed E-state index contributed by atoms with van der Waals surface area (Å²) in [4.78, 5) is 2.46. The Morgan fingerprint density at radius 3 is 2.08 bits per heavy atom. The zero-order valence-electron chi connectivity index (χ0n) is 21.7. The van der Waals surface area contributed by atoms with Crippen LogP contribution in [-0.2, 0) is 0 Å². The van der Waals surface area contributed by atoms with Crippen molar-refractivity contribution in [1.29, 1.82) is 0 Å². The lowest BCUT2D eigenvalue weighted by Crippen LogP contribution is -2.21. The molecule has 3 heterocycles. The van der Waals surface area contributed by atoms with E-state index in [4.69, 9.17) is 0 Å². The van der Waals surface area contributed by atoms with E-state index < -0.39 is 0 Å². The van der Waals surface area contributed by atoms with Gasteiger partial charge in [-0.3, -0.25) is 0 Å². The minimum Gasteiger partial charge on any atom is -0.313 e. The third kappa shape index (κ3) is 3.10. The molecule has 0 amide bonds. The van der Waals surface area contributed by atoms with Crippen molar-refractivity contribution >= 4 is 76.0 Å². The van der Waals surface area contributed by atoms with Gasteiger partial charge in [-0.05, 0) is 66.3 Å². The fourth-order valence-corrected chi connectivity index (χ4v) is 7.72. The molecule has 0 fully saturated rings. The first-order chi connectivity index (χ1) is 19.8. The molecule has 2 aliphatic rings. The van der Waals surface area contributed by atoms with Gasteiger partial charge in [0.2, 0.25) is 0 Å². The molecule has 0 saturated heterocycles. The van der Waals surface area contributed by atoms with Gasteiger partial charge in [0.25, 0.3) is 0 Å². The molecular weight excluding hydrogens is 504 g/mol. The van der Waals surface area contributed by atoms with E-state index in [9.17, 15) is 0 Å². The Morgan fingerprint density at radius 1 is 0.575 bits per heavy atom. The summed E-state index contributed by atoms with van der Waals surface area (Å²) < 4.78 is 5.09. The molecule has 40 heavy (non-hydrogen) atoms. The maximum atomic E-state index is 2.46. The highest BCUT2D eigenvalue weighted by Gasteiger charge is 2.28. The SMILES string of the molecule is C1=C2CC(=CC=C1n1c3ccccc3c3ccccc31)N(c1ccc3sc4ccccc4c3c1)c1ccccc12. The van der Waals surface area contributed by atoms with Crippen molar-refractivity contribution in [3.05, 3.63) is 145 Å². The van der Waals surface area contributed by atoms with Crippen molar-refractivity contribution < 1.29 is 0 Å². The summed E-state index contributed by atoms with van der Waals surface area (Å²) in [6, 6.07) is 42.0. The zero-order valence-corrected chi connectivity index (χ0v) is 22.5. The van der Waals surface area contributed by atoms with Crippen LogP contribution in [0.25, 0.3) is 53.2 Å². The Kier molecular flexibility index (Phi) is 4.58. The Hall–Kier alpha value is -4.86. The Balaban J connectivity index is 1.28. The number of hydrogen-bond donors (Lipinski definition) is 0. The number of hydrogen-bond acceptors (Lipinski definition) is 2. The minimum atomic E-state index is 0.885. The first-order valence-electron chi connectivity index (χ1n) is 13.7. The fraction of sp³-hybridized carbons (Fsp3) is 0.0270. The van der Waals surface area contributed by atoms with E-state index in [2.05, 4.69) is 143 Å². The molecule has 9 rings (SSSR count). The summed E-state index contributed by atoms with van der Waals surface area (Å²) in [5, 5.41) is 5.23. The second-order valence-corrected chi connectivity index (χ2v) is 11.7. The lowest BCUT2D eigenvalue weighted by Gasteiger charge is -2.34. The molecule has 2 bridgehead atoms. The normalized spacial score (nSPS) is 14.8. The van der Waals surface area contributed by atoms with Crippen LogP contribution in [0, 0.1) is 0 Å². The van der Waals surface area contributed by atoms with Gasteiger partial charge >= 0.3 is 0 Å². The molecule has 188 valence electrons. The largest absolute Gasteiger partial charge is 0.313 e. The number of benzene rings is 5. The van der Waals surface area contributed by atoms with E-state index in [1.165, 1.54) is 75.9 Å². The van der Waals surface area contributed by atoms with Crippen LogP contribution < -0.4 is 4.90 Å². The van der Waals surface area contributed by atoms with E-state index in [1.807, 2.05) is 11.3 Å². The van der Waals surface area contributed by atoms with Crippen molar-refractivity contribution in [2.45, 2.75) is 6.42 Å². The van der Waals surface area contributed by atoms with Gasteiger partial charge in [-0.2, -0.15) is 0 Å². The average molecular weight is 529 g/mol. The number of anilines is 2. The molecule has 1 aliphatic carbocycles. The van der Waals surface area contributed by atoms with Crippen molar-refractivity contribution in [2.24, 2.45) is 0 Å². The number of thiophene rings is 1. The summed E-state index contributed by atoms with van der Waals surface area (Å²) >= 11 is 1.87. The van der Waals surface area contributed by atoms with E-state index in [0.29, 0.717) is 0 Å². The second-order valence-electron chi connectivity index (χ2n) is 10.6. The van der Waals surface area contributed by atoms with Gasteiger partial charge in [0, 0.05) is 60.0 Å². The average Bonchev–Trinajstić information content (AvgIpc) is 3.48. The summed E-state index contributed by atoms with van der Waals surface area (Å²) in [7, 11) is 0. The molecule has 3 heteroatoms. The molecule has 0 N–H and O–H groups in total. The van der Waals surface area contributed by atoms with Crippen molar-refractivity contribution in [1.82, 2.24) is 4.57 Å².